The van der Waals surface area contributed by atoms with E-state index in [9.17, 15) is 0 Å². The van der Waals surface area contributed by atoms with Crippen LogP contribution in [0.3, 0.4) is 0 Å². The fourth-order valence-corrected chi connectivity index (χ4v) is 12.3. The normalized spacial score (nSPS) is 12.9. The first-order chi connectivity index (χ1) is 32.7. The van der Waals surface area contributed by atoms with Gasteiger partial charge in [0.25, 0.3) is 0 Å². The first-order valence-electron chi connectivity index (χ1n) is 23.2. The number of anilines is 2. The molecule has 12 aromatic rings. The molecule has 1 N–H and O–H groups in total. The van der Waals surface area contributed by atoms with Crippen molar-refractivity contribution in [3.63, 3.8) is 0 Å². The van der Waals surface area contributed by atoms with Crippen LogP contribution in [0.4, 0.5) is 11.4 Å². The van der Waals surface area contributed by atoms with Crippen molar-refractivity contribution in [1.82, 2.24) is 4.57 Å². The molecule has 3 aromatic heterocycles. The van der Waals surface area contributed by atoms with Gasteiger partial charge in [-0.15, -0.1) is 11.3 Å². The minimum absolute atomic E-state index is 0.0658. The van der Waals surface area contributed by atoms with Crippen LogP contribution in [0, 0.1) is 0 Å². The highest BCUT2D eigenvalue weighted by Crippen LogP contribution is 2.49. The van der Waals surface area contributed by atoms with Crippen LogP contribution in [-0.2, 0) is 5.41 Å². The smallest absolute Gasteiger partial charge is 0.198 e. The number of rotatable bonds is 5. The van der Waals surface area contributed by atoms with Gasteiger partial charge in [-0.2, -0.15) is 0 Å². The number of hydrogen-bond acceptors (Lipinski definition) is 3. The number of thiophene rings is 1. The Morgan fingerprint density at radius 2 is 1.19 bits per heavy atom. The summed E-state index contributed by atoms with van der Waals surface area (Å²) in [6.45, 7) is 11.5. The van der Waals surface area contributed by atoms with Crippen molar-refractivity contribution in [2.45, 2.75) is 26.2 Å². The average molecular weight is 875 g/mol. The number of nitrogens with zero attached hydrogens (tertiary/aromatic N) is 1. The molecule has 2 aliphatic rings. The predicted molar refractivity (Wildman–Crippen MR) is 288 cm³/mol. The summed E-state index contributed by atoms with van der Waals surface area (Å²) in [5.41, 5.74) is 20.3. The molecule has 0 fully saturated rings. The predicted octanol–water partition coefficient (Wildman–Crippen LogP) is 15.7. The lowest BCUT2D eigenvalue weighted by Gasteiger charge is -2.24. The molecule has 0 saturated heterocycles. The number of nitrogens with one attached hydrogen (secondary N) is 1. The SMILES string of the molecule is C=C1c2ccccc2-c2cc3c(cc21)c1ccc(-c2cc4c(cc2Nc2ccc(C(C)(C)C)cc2)sc2ccccc24)c2c1n3-c1cc3c(-c4ccccc4)oc(-c4ccccc4)c3cc1B2. The lowest BCUT2D eigenvalue weighted by molar-refractivity contribution is 0.590. The van der Waals surface area contributed by atoms with Gasteiger partial charge in [0.2, 0.25) is 0 Å². The van der Waals surface area contributed by atoms with Gasteiger partial charge in [-0.3, -0.25) is 0 Å². The molecule has 0 saturated carbocycles. The molecule has 14 rings (SSSR count). The Hall–Kier alpha value is -7.86. The Bertz CT molecular complexity index is 4070. The van der Waals surface area contributed by atoms with Crippen molar-refractivity contribution in [3.05, 3.63) is 205 Å². The van der Waals surface area contributed by atoms with Crippen molar-refractivity contribution >= 4 is 99.2 Å². The van der Waals surface area contributed by atoms with E-state index in [1.807, 2.05) is 11.3 Å². The Labute approximate surface area is 393 Å². The molecular formula is C62H43BN2OS. The van der Waals surface area contributed by atoms with Gasteiger partial charge in [0.15, 0.2) is 7.28 Å². The highest BCUT2D eigenvalue weighted by molar-refractivity contribution is 7.25. The Morgan fingerprint density at radius 3 is 1.94 bits per heavy atom. The molecule has 0 atom stereocenters. The van der Waals surface area contributed by atoms with E-state index < -0.39 is 0 Å². The van der Waals surface area contributed by atoms with Crippen LogP contribution in [-0.4, -0.2) is 11.8 Å². The molecule has 0 amide bonds. The van der Waals surface area contributed by atoms with E-state index in [0.29, 0.717) is 0 Å². The topological polar surface area (TPSA) is 30.1 Å². The minimum atomic E-state index is 0.0658. The van der Waals surface area contributed by atoms with E-state index in [2.05, 4.69) is 219 Å². The maximum atomic E-state index is 7.02. The average Bonchev–Trinajstić information content (AvgIpc) is 4.09. The second kappa shape index (κ2) is 14.1. The zero-order valence-electron chi connectivity index (χ0n) is 37.5. The lowest BCUT2D eigenvalue weighted by Crippen LogP contribution is -2.37. The molecule has 0 unspecified atom stereocenters. The number of furan rings is 1. The second-order valence-electron chi connectivity index (χ2n) is 19.4. The third-order valence-electron chi connectivity index (χ3n) is 14.5. The van der Waals surface area contributed by atoms with E-state index in [1.54, 1.807) is 0 Å². The summed E-state index contributed by atoms with van der Waals surface area (Å²) in [7, 11) is 0.756. The molecule has 0 bridgehead atoms. The molecule has 0 radical (unpaired) electrons. The van der Waals surface area contributed by atoms with E-state index in [1.165, 1.54) is 97.5 Å². The van der Waals surface area contributed by atoms with Crippen LogP contribution in [0.15, 0.2) is 193 Å². The molecule has 9 aromatic carbocycles. The van der Waals surface area contributed by atoms with Crippen LogP contribution in [0.25, 0.3) is 109 Å². The third-order valence-corrected chi connectivity index (χ3v) is 15.6. The Balaban J connectivity index is 1.07. The quantitative estimate of drug-likeness (QED) is 0.175. The van der Waals surface area contributed by atoms with E-state index in [4.69, 9.17) is 4.42 Å². The molecule has 67 heavy (non-hydrogen) atoms. The van der Waals surface area contributed by atoms with Crippen molar-refractivity contribution < 1.29 is 4.42 Å². The van der Waals surface area contributed by atoms with Gasteiger partial charge in [0.1, 0.15) is 11.5 Å². The first-order valence-corrected chi connectivity index (χ1v) is 24.0. The van der Waals surface area contributed by atoms with Crippen LogP contribution >= 0.6 is 11.3 Å². The van der Waals surface area contributed by atoms with Gasteiger partial charge in [0.05, 0.1) is 5.52 Å². The molecule has 0 spiro atoms. The zero-order valence-corrected chi connectivity index (χ0v) is 38.3. The van der Waals surface area contributed by atoms with E-state index in [0.717, 1.165) is 57.6 Å². The van der Waals surface area contributed by atoms with Crippen LogP contribution in [0.2, 0.25) is 0 Å². The number of benzene rings is 9. The fraction of sp³-hybridized carbons (Fsp3) is 0.0645. The summed E-state index contributed by atoms with van der Waals surface area (Å²) in [4.78, 5) is 0. The molecular weight excluding hydrogens is 832 g/mol. The highest BCUT2D eigenvalue weighted by Gasteiger charge is 2.31. The zero-order chi connectivity index (χ0) is 44.7. The van der Waals surface area contributed by atoms with Crippen LogP contribution < -0.4 is 16.2 Å². The summed E-state index contributed by atoms with van der Waals surface area (Å²) in [6, 6.07) is 67.0. The monoisotopic (exact) mass is 874 g/mol. The maximum absolute atomic E-state index is 7.02. The molecule has 1 aliphatic carbocycles. The van der Waals surface area contributed by atoms with E-state index in [-0.39, 0.29) is 5.41 Å². The summed E-state index contributed by atoms with van der Waals surface area (Å²) in [5, 5.41) is 11.2. The summed E-state index contributed by atoms with van der Waals surface area (Å²) < 4.78 is 12.2. The van der Waals surface area contributed by atoms with Gasteiger partial charge >= 0.3 is 0 Å². The fourth-order valence-electron chi connectivity index (χ4n) is 11.2. The summed E-state index contributed by atoms with van der Waals surface area (Å²) >= 11 is 1.86. The van der Waals surface area contributed by atoms with Gasteiger partial charge in [-0.05, 0) is 98.4 Å². The van der Waals surface area contributed by atoms with Crippen LogP contribution in [0.5, 0.6) is 0 Å². The second-order valence-corrected chi connectivity index (χ2v) is 20.5. The molecule has 5 heteroatoms. The molecule has 4 heterocycles. The first kappa shape index (κ1) is 38.4. The van der Waals surface area contributed by atoms with E-state index >= 15 is 0 Å². The summed E-state index contributed by atoms with van der Waals surface area (Å²) in [6.07, 6.45) is 0. The van der Waals surface area contributed by atoms with Gasteiger partial charge in [0, 0.05) is 81.0 Å². The van der Waals surface area contributed by atoms with Crippen molar-refractivity contribution in [2.24, 2.45) is 0 Å². The molecule has 3 nitrogen and oxygen atoms in total. The molecule has 1 aliphatic heterocycles. The highest BCUT2D eigenvalue weighted by atomic mass is 32.1. The summed E-state index contributed by atoms with van der Waals surface area (Å²) in [5.74, 6) is 1.78. The third kappa shape index (κ3) is 5.71. The number of fused-ring (bicyclic) bond motifs is 12. The Kier molecular flexibility index (Phi) is 8.07. The maximum Gasteiger partial charge on any atom is 0.198 e. The lowest BCUT2D eigenvalue weighted by atomic mass is 9.58. The van der Waals surface area contributed by atoms with Crippen molar-refractivity contribution in [1.29, 1.82) is 0 Å². The van der Waals surface area contributed by atoms with Gasteiger partial charge < -0.3 is 14.3 Å². The van der Waals surface area contributed by atoms with Crippen LogP contribution in [0.1, 0.15) is 37.5 Å². The van der Waals surface area contributed by atoms with Crippen molar-refractivity contribution in [2.75, 3.05) is 5.32 Å². The number of aromatic nitrogens is 1. The van der Waals surface area contributed by atoms with Gasteiger partial charge in [-0.25, -0.2) is 0 Å². The van der Waals surface area contributed by atoms with Gasteiger partial charge in [-0.1, -0.05) is 166 Å². The Morgan fingerprint density at radius 1 is 0.522 bits per heavy atom. The van der Waals surface area contributed by atoms with Crippen molar-refractivity contribution in [3.8, 4) is 50.6 Å². The standard InChI is InChI=1S/C62H43BN2OS/c1-35-40-19-11-12-20-41(40)46-32-54-48(29-45(35)46)44-28-27-43(47-30-49-42-21-13-14-22-56(42)67-57(49)34-53(47)64-39-25-23-38(24-26-39)62(2,3)4)58-59(44)65(54)55-33-51-50(31-52(55)63-58)60(36-15-7-5-8-16-36)66-61(51)37-17-9-6-10-18-37/h5-34,63-64H,1H2,2-4H3. The minimum Gasteiger partial charge on any atom is -0.455 e. The molecule has 316 valence electrons. The largest absolute Gasteiger partial charge is 0.455 e. The number of hydrogen-bond donors (Lipinski definition) is 1.